The van der Waals surface area contributed by atoms with Crippen molar-refractivity contribution in [3.8, 4) is 16.9 Å². The molecule has 0 aliphatic heterocycles. The number of nitrogens with zero attached hydrogens (tertiary/aromatic N) is 1. The second-order valence-corrected chi connectivity index (χ2v) is 5.59. The summed E-state index contributed by atoms with van der Waals surface area (Å²) in [5, 5.41) is 2.65. The lowest BCUT2D eigenvalue weighted by molar-refractivity contribution is -0.121. The molecule has 0 fully saturated rings. The first-order chi connectivity index (χ1) is 11.1. The molecular weight excluding hydrogens is 288 g/mol. The molecule has 0 bridgehead atoms. The average Bonchev–Trinajstić information content (AvgIpc) is 2.60. The summed E-state index contributed by atoms with van der Waals surface area (Å²) in [5.74, 6) is 0.884. The number of carbonyl (C=O) groups excluding carboxylic acids is 1. The molecule has 1 atom stereocenters. The molecule has 0 aliphatic rings. The van der Waals surface area contributed by atoms with Crippen LogP contribution >= 0.6 is 0 Å². The number of likely N-dealkylation sites (N-methyl/N-ethyl adjacent to an activating group) is 2. The molecule has 0 saturated carbocycles. The summed E-state index contributed by atoms with van der Waals surface area (Å²) in [6.07, 6.45) is 0. The Hall–Kier alpha value is -2.33. The maximum atomic E-state index is 11.5. The van der Waals surface area contributed by atoms with Crippen molar-refractivity contribution in [2.45, 2.75) is 13.0 Å². The highest BCUT2D eigenvalue weighted by molar-refractivity contribution is 5.77. The molecule has 1 amide bonds. The van der Waals surface area contributed by atoms with Crippen molar-refractivity contribution in [2.75, 3.05) is 27.7 Å². The summed E-state index contributed by atoms with van der Waals surface area (Å²) in [6, 6.07) is 16.5. The quantitative estimate of drug-likeness (QED) is 0.891. The molecule has 23 heavy (non-hydrogen) atoms. The third-order valence-corrected chi connectivity index (χ3v) is 4.14. The van der Waals surface area contributed by atoms with Gasteiger partial charge in [0.15, 0.2) is 0 Å². The van der Waals surface area contributed by atoms with Crippen LogP contribution in [-0.4, -0.2) is 38.6 Å². The molecule has 1 N–H and O–H groups in total. The van der Waals surface area contributed by atoms with Crippen LogP contribution in [0.4, 0.5) is 0 Å². The second kappa shape index (κ2) is 7.79. The molecule has 0 spiro atoms. The van der Waals surface area contributed by atoms with Crippen molar-refractivity contribution >= 4 is 5.91 Å². The number of benzene rings is 2. The highest BCUT2D eigenvalue weighted by Crippen LogP contribution is 2.30. The largest absolute Gasteiger partial charge is 0.496 e. The van der Waals surface area contributed by atoms with Gasteiger partial charge in [0.05, 0.1) is 13.7 Å². The summed E-state index contributed by atoms with van der Waals surface area (Å²) in [5.41, 5.74) is 3.37. The maximum Gasteiger partial charge on any atom is 0.233 e. The maximum absolute atomic E-state index is 11.5. The summed E-state index contributed by atoms with van der Waals surface area (Å²) < 4.78 is 5.42. The Morgan fingerprint density at radius 1 is 1.17 bits per heavy atom. The fraction of sp³-hybridized carbons (Fsp3) is 0.316. The number of para-hydroxylation sites is 1. The van der Waals surface area contributed by atoms with Gasteiger partial charge in [-0.15, -0.1) is 0 Å². The summed E-state index contributed by atoms with van der Waals surface area (Å²) >= 11 is 0. The van der Waals surface area contributed by atoms with Crippen LogP contribution in [0, 0.1) is 0 Å². The average molecular weight is 312 g/mol. The van der Waals surface area contributed by atoms with Crippen LogP contribution in [0.5, 0.6) is 5.75 Å². The Morgan fingerprint density at radius 3 is 2.43 bits per heavy atom. The van der Waals surface area contributed by atoms with Gasteiger partial charge in [0, 0.05) is 18.7 Å². The number of nitrogens with one attached hydrogen (secondary N) is 1. The van der Waals surface area contributed by atoms with Gasteiger partial charge in [-0.25, -0.2) is 0 Å². The highest BCUT2D eigenvalue weighted by atomic mass is 16.5. The molecule has 0 radical (unpaired) electrons. The first-order valence-corrected chi connectivity index (χ1v) is 7.71. The number of hydrogen-bond acceptors (Lipinski definition) is 3. The van der Waals surface area contributed by atoms with E-state index in [1.807, 2.05) is 30.1 Å². The Bertz CT molecular complexity index is 653. The molecule has 0 aromatic heterocycles. The predicted octanol–water partition coefficient (Wildman–Crippen LogP) is 3.10. The lowest BCUT2D eigenvalue weighted by Gasteiger charge is -2.24. The lowest BCUT2D eigenvalue weighted by Crippen LogP contribution is -2.34. The van der Waals surface area contributed by atoms with E-state index in [2.05, 4.69) is 42.6 Å². The molecule has 2 aromatic carbocycles. The van der Waals surface area contributed by atoms with Gasteiger partial charge in [-0.05, 0) is 31.2 Å². The molecule has 2 aromatic rings. The van der Waals surface area contributed by atoms with Crippen LogP contribution in [0.1, 0.15) is 18.5 Å². The second-order valence-electron chi connectivity index (χ2n) is 5.59. The Morgan fingerprint density at radius 2 is 1.83 bits per heavy atom. The van der Waals surface area contributed by atoms with Gasteiger partial charge in [-0.2, -0.15) is 0 Å². The third kappa shape index (κ3) is 4.11. The molecule has 0 saturated heterocycles. The van der Waals surface area contributed by atoms with Crippen molar-refractivity contribution < 1.29 is 9.53 Å². The van der Waals surface area contributed by atoms with Crippen molar-refractivity contribution in [1.29, 1.82) is 0 Å². The third-order valence-electron chi connectivity index (χ3n) is 4.14. The molecule has 0 aliphatic carbocycles. The van der Waals surface area contributed by atoms with Crippen LogP contribution in [0.15, 0.2) is 48.5 Å². The SMILES string of the molecule is CNC(=O)CN(C)C(C)c1ccc(-c2ccccc2OC)cc1. The molecule has 1 unspecified atom stereocenters. The van der Waals surface area contributed by atoms with Gasteiger partial charge in [0.2, 0.25) is 5.91 Å². The Kier molecular flexibility index (Phi) is 5.77. The van der Waals surface area contributed by atoms with E-state index in [1.54, 1.807) is 14.2 Å². The molecule has 2 rings (SSSR count). The Balaban J connectivity index is 2.17. The minimum atomic E-state index is 0.0185. The minimum absolute atomic E-state index is 0.0185. The highest BCUT2D eigenvalue weighted by Gasteiger charge is 2.14. The topological polar surface area (TPSA) is 41.6 Å². The number of amides is 1. The number of rotatable bonds is 6. The monoisotopic (exact) mass is 312 g/mol. The first-order valence-electron chi connectivity index (χ1n) is 7.71. The standard InChI is InChI=1S/C19H24N2O2/c1-14(21(3)13-19(22)20-2)15-9-11-16(12-10-15)17-7-5-6-8-18(17)23-4/h5-12,14H,13H2,1-4H3,(H,20,22). The number of hydrogen-bond donors (Lipinski definition) is 1. The van der Waals surface area contributed by atoms with Gasteiger partial charge in [0.1, 0.15) is 5.75 Å². The minimum Gasteiger partial charge on any atom is -0.496 e. The van der Waals surface area contributed by atoms with Crippen LogP contribution in [0.2, 0.25) is 0 Å². The first kappa shape index (κ1) is 17.0. The van der Waals surface area contributed by atoms with Gasteiger partial charge < -0.3 is 10.1 Å². The molecule has 4 heteroatoms. The smallest absolute Gasteiger partial charge is 0.233 e. The van der Waals surface area contributed by atoms with Crippen LogP contribution in [-0.2, 0) is 4.79 Å². The molecular formula is C19H24N2O2. The fourth-order valence-corrected chi connectivity index (χ4v) is 2.52. The van der Waals surface area contributed by atoms with Crippen molar-refractivity contribution in [1.82, 2.24) is 10.2 Å². The molecule has 4 nitrogen and oxygen atoms in total. The summed E-state index contributed by atoms with van der Waals surface area (Å²) in [7, 11) is 5.29. The Labute approximate surface area is 138 Å². The summed E-state index contributed by atoms with van der Waals surface area (Å²) in [4.78, 5) is 13.5. The zero-order valence-electron chi connectivity index (χ0n) is 14.2. The zero-order valence-corrected chi connectivity index (χ0v) is 14.2. The van der Waals surface area contributed by atoms with Crippen LogP contribution < -0.4 is 10.1 Å². The van der Waals surface area contributed by atoms with Crippen molar-refractivity contribution in [3.63, 3.8) is 0 Å². The number of carbonyl (C=O) groups is 1. The van der Waals surface area contributed by atoms with E-state index in [0.29, 0.717) is 6.54 Å². The van der Waals surface area contributed by atoms with E-state index in [-0.39, 0.29) is 11.9 Å². The number of ether oxygens (including phenoxy) is 1. The van der Waals surface area contributed by atoms with Gasteiger partial charge in [-0.3, -0.25) is 9.69 Å². The van der Waals surface area contributed by atoms with Crippen LogP contribution in [0.25, 0.3) is 11.1 Å². The van der Waals surface area contributed by atoms with Crippen molar-refractivity contribution in [3.05, 3.63) is 54.1 Å². The number of methoxy groups -OCH3 is 1. The van der Waals surface area contributed by atoms with E-state index in [0.717, 1.165) is 16.9 Å². The summed E-state index contributed by atoms with van der Waals surface area (Å²) in [6.45, 7) is 2.48. The van der Waals surface area contributed by atoms with E-state index < -0.39 is 0 Å². The van der Waals surface area contributed by atoms with Crippen molar-refractivity contribution in [2.24, 2.45) is 0 Å². The van der Waals surface area contributed by atoms with E-state index in [9.17, 15) is 4.79 Å². The lowest BCUT2D eigenvalue weighted by atomic mass is 10.00. The molecule has 122 valence electrons. The van der Waals surface area contributed by atoms with Gasteiger partial charge in [-0.1, -0.05) is 42.5 Å². The van der Waals surface area contributed by atoms with E-state index in [4.69, 9.17) is 4.74 Å². The van der Waals surface area contributed by atoms with Gasteiger partial charge in [0.25, 0.3) is 0 Å². The van der Waals surface area contributed by atoms with Gasteiger partial charge >= 0.3 is 0 Å². The van der Waals surface area contributed by atoms with E-state index in [1.165, 1.54) is 5.56 Å². The fourth-order valence-electron chi connectivity index (χ4n) is 2.52. The van der Waals surface area contributed by atoms with E-state index >= 15 is 0 Å². The zero-order chi connectivity index (χ0) is 16.8. The predicted molar refractivity (Wildman–Crippen MR) is 93.5 cm³/mol. The van der Waals surface area contributed by atoms with Crippen LogP contribution in [0.3, 0.4) is 0 Å². The normalized spacial score (nSPS) is 12.0. The molecule has 0 heterocycles.